The first-order valence-corrected chi connectivity index (χ1v) is 8.47. The Morgan fingerprint density at radius 1 is 1.09 bits per heavy atom. The average Bonchev–Trinajstić information content (AvgIpc) is 2.46. The van der Waals surface area contributed by atoms with E-state index in [1.54, 1.807) is 20.8 Å². The molecule has 0 fully saturated rings. The van der Waals surface area contributed by atoms with E-state index in [1.807, 2.05) is 0 Å². The number of halogens is 1. The van der Waals surface area contributed by atoms with Gasteiger partial charge in [0, 0.05) is 5.33 Å². The molecule has 0 aliphatic rings. The number of amides is 1. The van der Waals surface area contributed by atoms with Gasteiger partial charge >= 0.3 is 18.0 Å². The van der Waals surface area contributed by atoms with E-state index in [2.05, 4.69) is 21.2 Å². The zero-order valence-corrected chi connectivity index (χ0v) is 15.9. The van der Waals surface area contributed by atoms with Crippen molar-refractivity contribution in [1.82, 2.24) is 5.32 Å². The van der Waals surface area contributed by atoms with Crippen molar-refractivity contribution in [3.63, 3.8) is 0 Å². The highest BCUT2D eigenvalue weighted by molar-refractivity contribution is 9.09. The van der Waals surface area contributed by atoms with Crippen molar-refractivity contribution >= 4 is 34.0 Å². The quantitative estimate of drug-likeness (QED) is 0.385. The van der Waals surface area contributed by atoms with Crippen molar-refractivity contribution in [2.75, 3.05) is 19.5 Å². The van der Waals surface area contributed by atoms with E-state index in [-0.39, 0.29) is 6.42 Å². The van der Waals surface area contributed by atoms with Crippen molar-refractivity contribution < 1.29 is 28.6 Å². The Hall–Kier alpha value is -1.31. The molecule has 0 radical (unpaired) electrons. The number of carbonyl (C=O) groups excluding carboxylic acids is 3. The molecule has 7 nitrogen and oxygen atoms in total. The molecule has 0 rings (SSSR count). The standard InChI is InChI=1S/C15H26BrNO6/c1-15(2,3)23-14(20)17-11(13(19)22-5)9-10(7-6-8-16)12(18)21-4/h10-11H,6-9H2,1-5H3,(H,17,20)/t10?,11-/m0/s1. The fourth-order valence-electron chi connectivity index (χ4n) is 1.91. The molecule has 0 aromatic heterocycles. The van der Waals surface area contributed by atoms with Gasteiger partial charge in [-0.05, 0) is 40.0 Å². The number of esters is 2. The van der Waals surface area contributed by atoms with Crippen LogP contribution in [0.1, 0.15) is 40.0 Å². The fourth-order valence-corrected chi connectivity index (χ4v) is 2.24. The van der Waals surface area contributed by atoms with Gasteiger partial charge in [-0.15, -0.1) is 0 Å². The normalized spacial score (nSPS) is 13.7. The van der Waals surface area contributed by atoms with E-state index in [4.69, 9.17) is 14.2 Å². The first kappa shape index (κ1) is 21.7. The van der Waals surface area contributed by atoms with Gasteiger partial charge in [0.15, 0.2) is 0 Å². The van der Waals surface area contributed by atoms with Gasteiger partial charge < -0.3 is 19.5 Å². The second kappa shape index (κ2) is 10.5. The van der Waals surface area contributed by atoms with Crippen molar-refractivity contribution in [2.24, 2.45) is 5.92 Å². The monoisotopic (exact) mass is 395 g/mol. The minimum atomic E-state index is -0.978. The summed E-state index contributed by atoms with van der Waals surface area (Å²) in [6, 6.07) is -0.978. The van der Waals surface area contributed by atoms with Crippen molar-refractivity contribution in [2.45, 2.75) is 51.7 Å². The molecule has 1 unspecified atom stereocenters. The lowest BCUT2D eigenvalue weighted by molar-refractivity contribution is -0.148. The number of alkyl halides is 1. The molecule has 0 spiro atoms. The largest absolute Gasteiger partial charge is 0.469 e. The summed E-state index contributed by atoms with van der Waals surface area (Å²) in [7, 11) is 2.51. The minimum absolute atomic E-state index is 0.0889. The first-order valence-electron chi connectivity index (χ1n) is 7.35. The molecule has 0 saturated carbocycles. The van der Waals surface area contributed by atoms with Crippen LogP contribution in [-0.4, -0.2) is 49.2 Å². The van der Waals surface area contributed by atoms with Crippen LogP contribution >= 0.6 is 15.9 Å². The Morgan fingerprint density at radius 3 is 2.09 bits per heavy atom. The number of nitrogens with one attached hydrogen (secondary N) is 1. The van der Waals surface area contributed by atoms with Gasteiger partial charge in [-0.1, -0.05) is 15.9 Å². The Morgan fingerprint density at radius 2 is 1.65 bits per heavy atom. The number of alkyl carbamates (subject to hydrolysis) is 1. The molecule has 23 heavy (non-hydrogen) atoms. The van der Waals surface area contributed by atoms with Crippen LogP contribution in [0.25, 0.3) is 0 Å². The Kier molecular flexibility index (Phi) is 9.87. The van der Waals surface area contributed by atoms with Gasteiger partial charge in [0.25, 0.3) is 0 Å². The molecular formula is C15H26BrNO6. The third kappa shape index (κ3) is 9.43. The van der Waals surface area contributed by atoms with Crippen LogP contribution < -0.4 is 5.32 Å². The molecule has 0 aliphatic carbocycles. The van der Waals surface area contributed by atoms with Crippen LogP contribution in [0, 0.1) is 5.92 Å². The van der Waals surface area contributed by atoms with E-state index in [1.165, 1.54) is 14.2 Å². The predicted molar refractivity (Wildman–Crippen MR) is 88.3 cm³/mol. The summed E-state index contributed by atoms with van der Waals surface area (Å²) in [5, 5.41) is 3.18. The molecule has 2 atom stereocenters. The van der Waals surface area contributed by atoms with Gasteiger partial charge in [-0.2, -0.15) is 0 Å². The van der Waals surface area contributed by atoms with Crippen LogP contribution in [-0.2, 0) is 23.8 Å². The molecule has 0 aliphatic heterocycles. The highest BCUT2D eigenvalue weighted by atomic mass is 79.9. The van der Waals surface area contributed by atoms with Crippen LogP contribution in [0.15, 0.2) is 0 Å². The van der Waals surface area contributed by atoms with E-state index < -0.39 is 35.6 Å². The SMILES string of the molecule is COC(=O)C(CCCBr)C[C@H](NC(=O)OC(C)(C)C)C(=O)OC. The summed E-state index contributed by atoms with van der Waals surface area (Å²) in [6.45, 7) is 5.15. The molecule has 134 valence electrons. The van der Waals surface area contributed by atoms with Crippen LogP contribution in [0.5, 0.6) is 0 Å². The zero-order valence-electron chi connectivity index (χ0n) is 14.3. The average molecular weight is 396 g/mol. The molecule has 0 aromatic rings. The summed E-state index contributed by atoms with van der Waals surface area (Å²) in [5.74, 6) is -1.58. The van der Waals surface area contributed by atoms with Gasteiger partial charge in [-0.25, -0.2) is 9.59 Å². The van der Waals surface area contributed by atoms with Gasteiger partial charge in [-0.3, -0.25) is 4.79 Å². The zero-order chi connectivity index (χ0) is 18.0. The topological polar surface area (TPSA) is 90.9 Å². The van der Waals surface area contributed by atoms with Crippen LogP contribution in [0.3, 0.4) is 0 Å². The maximum Gasteiger partial charge on any atom is 0.408 e. The molecule has 8 heteroatoms. The number of rotatable bonds is 8. The molecule has 1 N–H and O–H groups in total. The molecule has 0 aromatic carbocycles. The van der Waals surface area contributed by atoms with Gasteiger partial charge in [0.05, 0.1) is 20.1 Å². The van der Waals surface area contributed by atoms with E-state index in [0.29, 0.717) is 6.42 Å². The molecular weight excluding hydrogens is 370 g/mol. The van der Waals surface area contributed by atoms with E-state index in [9.17, 15) is 14.4 Å². The molecule has 0 heterocycles. The highest BCUT2D eigenvalue weighted by Crippen LogP contribution is 2.18. The summed E-state index contributed by atoms with van der Waals surface area (Å²) in [5.41, 5.74) is -0.692. The summed E-state index contributed by atoms with van der Waals surface area (Å²) in [4.78, 5) is 35.6. The molecule has 1 amide bonds. The minimum Gasteiger partial charge on any atom is -0.469 e. The Labute approximate surface area is 145 Å². The van der Waals surface area contributed by atoms with Crippen molar-refractivity contribution in [3.8, 4) is 0 Å². The summed E-state index contributed by atoms with van der Waals surface area (Å²) in [6.07, 6.45) is 0.615. The van der Waals surface area contributed by atoms with Crippen LogP contribution in [0.2, 0.25) is 0 Å². The summed E-state index contributed by atoms with van der Waals surface area (Å²) < 4.78 is 14.6. The number of methoxy groups -OCH3 is 2. The number of hydrogen-bond donors (Lipinski definition) is 1. The summed E-state index contributed by atoms with van der Waals surface area (Å²) >= 11 is 3.30. The lowest BCUT2D eigenvalue weighted by atomic mass is 9.95. The number of ether oxygens (including phenoxy) is 3. The van der Waals surface area contributed by atoms with Gasteiger partial charge in [0.2, 0.25) is 0 Å². The third-order valence-electron chi connectivity index (χ3n) is 2.92. The number of hydrogen-bond acceptors (Lipinski definition) is 6. The van der Waals surface area contributed by atoms with Gasteiger partial charge in [0.1, 0.15) is 11.6 Å². The predicted octanol–water partition coefficient (Wildman–Crippen LogP) is 2.41. The van der Waals surface area contributed by atoms with Crippen molar-refractivity contribution in [1.29, 1.82) is 0 Å². The smallest absolute Gasteiger partial charge is 0.408 e. The van der Waals surface area contributed by atoms with E-state index >= 15 is 0 Å². The van der Waals surface area contributed by atoms with Crippen LogP contribution in [0.4, 0.5) is 4.79 Å². The Balaban J connectivity index is 4.96. The second-order valence-corrected chi connectivity index (χ2v) is 6.80. The first-order chi connectivity index (χ1) is 10.6. The lowest BCUT2D eigenvalue weighted by Gasteiger charge is -2.24. The maximum atomic E-state index is 11.9. The van der Waals surface area contributed by atoms with E-state index in [0.717, 1.165) is 11.8 Å². The third-order valence-corrected chi connectivity index (χ3v) is 3.48. The molecule has 0 saturated heterocycles. The fraction of sp³-hybridized carbons (Fsp3) is 0.800. The maximum absolute atomic E-state index is 11.9. The Bertz CT molecular complexity index is 407. The van der Waals surface area contributed by atoms with Crippen molar-refractivity contribution in [3.05, 3.63) is 0 Å². The molecule has 0 bridgehead atoms. The number of carbonyl (C=O) groups is 3. The second-order valence-electron chi connectivity index (χ2n) is 6.01. The lowest BCUT2D eigenvalue weighted by Crippen LogP contribution is -2.45. The highest BCUT2D eigenvalue weighted by Gasteiger charge is 2.31.